The van der Waals surface area contributed by atoms with Gasteiger partial charge in [-0.3, -0.25) is 0 Å². The first-order chi connectivity index (χ1) is 10.1. The van der Waals surface area contributed by atoms with Gasteiger partial charge in [0.25, 0.3) is 0 Å². The molecule has 2 nitrogen and oxygen atoms in total. The van der Waals surface area contributed by atoms with Gasteiger partial charge in [0.15, 0.2) is 0 Å². The molecule has 0 bridgehead atoms. The minimum Gasteiger partial charge on any atom is -0.494 e. The maximum Gasteiger partial charge on any atom is 0.123 e. The Balaban J connectivity index is 2.30. The van der Waals surface area contributed by atoms with Crippen LogP contribution in [0.25, 0.3) is 0 Å². The van der Waals surface area contributed by atoms with Crippen molar-refractivity contribution in [3.05, 3.63) is 65.2 Å². The molecular weight excluding hydrogens is 272 g/mol. The van der Waals surface area contributed by atoms with Gasteiger partial charge in [0.2, 0.25) is 0 Å². The van der Waals surface area contributed by atoms with Crippen molar-refractivity contribution in [3.63, 3.8) is 0 Å². The minimum absolute atomic E-state index is 0.121. The molecule has 1 unspecified atom stereocenters. The highest BCUT2D eigenvalue weighted by atomic mass is 19.1. The third-order valence-corrected chi connectivity index (χ3v) is 3.37. The average molecular weight is 291 g/mol. The molecule has 0 radical (unpaired) electrons. The van der Waals surface area contributed by atoms with Crippen LogP contribution in [0.4, 0.5) is 8.78 Å². The number of benzene rings is 2. The summed E-state index contributed by atoms with van der Waals surface area (Å²) in [5, 5.41) is 0. The Labute approximate surface area is 123 Å². The first-order valence-corrected chi connectivity index (χ1v) is 7.00. The van der Waals surface area contributed by atoms with E-state index in [2.05, 4.69) is 0 Å². The molecule has 0 fully saturated rings. The lowest BCUT2D eigenvalue weighted by atomic mass is 9.91. The molecular formula is C17H19F2NO. The summed E-state index contributed by atoms with van der Waals surface area (Å²) in [6.07, 6.45) is 0.539. The Bertz CT molecular complexity index is 601. The summed E-state index contributed by atoms with van der Waals surface area (Å²) in [5.41, 5.74) is 7.39. The predicted octanol–water partition coefficient (Wildman–Crippen LogP) is 3.65. The lowest BCUT2D eigenvalue weighted by molar-refractivity contribution is 0.333. The van der Waals surface area contributed by atoms with Gasteiger partial charge in [-0.05, 0) is 55.8 Å². The van der Waals surface area contributed by atoms with Crippen LogP contribution in [0.1, 0.15) is 24.0 Å². The van der Waals surface area contributed by atoms with Crippen LogP contribution in [0.3, 0.4) is 0 Å². The van der Waals surface area contributed by atoms with Crippen LogP contribution in [0, 0.1) is 11.6 Å². The van der Waals surface area contributed by atoms with Crippen molar-refractivity contribution in [2.75, 3.05) is 13.2 Å². The van der Waals surface area contributed by atoms with Gasteiger partial charge in [-0.1, -0.05) is 12.1 Å². The summed E-state index contributed by atoms with van der Waals surface area (Å²) in [6, 6.07) is 10.8. The van der Waals surface area contributed by atoms with Crippen LogP contribution in [-0.2, 0) is 6.42 Å². The molecule has 0 aromatic heterocycles. The van der Waals surface area contributed by atoms with Crippen molar-refractivity contribution in [1.82, 2.24) is 0 Å². The van der Waals surface area contributed by atoms with Gasteiger partial charge < -0.3 is 10.5 Å². The first kappa shape index (κ1) is 15.4. The number of halogens is 2. The largest absolute Gasteiger partial charge is 0.494 e. The zero-order valence-electron chi connectivity index (χ0n) is 12.0. The molecule has 0 aliphatic heterocycles. The van der Waals surface area contributed by atoms with E-state index < -0.39 is 0 Å². The smallest absolute Gasteiger partial charge is 0.123 e. The Morgan fingerprint density at radius 2 is 1.86 bits per heavy atom. The summed E-state index contributed by atoms with van der Waals surface area (Å²) < 4.78 is 32.3. The molecule has 0 saturated heterocycles. The van der Waals surface area contributed by atoms with Gasteiger partial charge >= 0.3 is 0 Å². The standard InChI is InChI=1S/C17H19F2NO/c1-2-21-17-7-6-15(19)10-16(17)13(11-20)8-12-4-3-5-14(18)9-12/h3-7,9-10,13H,2,8,11,20H2,1H3. The molecule has 112 valence electrons. The Morgan fingerprint density at radius 1 is 1.10 bits per heavy atom. The van der Waals surface area contributed by atoms with E-state index in [1.807, 2.05) is 13.0 Å². The summed E-state index contributed by atoms with van der Waals surface area (Å²) in [4.78, 5) is 0. The molecule has 0 spiro atoms. The van der Waals surface area contributed by atoms with Crippen LogP contribution in [0.15, 0.2) is 42.5 Å². The van der Waals surface area contributed by atoms with Gasteiger partial charge in [0.1, 0.15) is 17.4 Å². The van der Waals surface area contributed by atoms with Crippen LogP contribution in [-0.4, -0.2) is 13.2 Å². The number of hydrogen-bond donors (Lipinski definition) is 1. The van der Waals surface area contributed by atoms with Gasteiger partial charge in [0.05, 0.1) is 6.61 Å². The van der Waals surface area contributed by atoms with Crippen molar-refractivity contribution in [1.29, 1.82) is 0 Å². The second-order valence-electron chi connectivity index (χ2n) is 4.88. The number of hydrogen-bond acceptors (Lipinski definition) is 2. The third-order valence-electron chi connectivity index (χ3n) is 3.37. The predicted molar refractivity (Wildman–Crippen MR) is 79.5 cm³/mol. The van der Waals surface area contributed by atoms with Gasteiger partial charge in [-0.25, -0.2) is 8.78 Å². The third kappa shape index (κ3) is 4.02. The lowest BCUT2D eigenvalue weighted by Gasteiger charge is -2.19. The molecule has 2 rings (SSSR count). The SMILES string of the molecule is CCOc1ccc(F)cc1C(CN)Cc1cccc(F)c1. The zero-order chi connectivity index (χ0) is 15.2. The van der Waals surface area contributed by atoms with E-state index in [0.717, 1.165) is 11.1 Å². The van der Waals surface area contributed by atoms with Crippen molar-refractivity contribution in [2.45, 2.75) is 19.3 Å². The van der Waals surface area contributed by atoms with Crippen molar-refractivity contribution in [2.24, 2.45) is 5.73 Å². The summed E-state index contributed by atoms with van der Waals surface area (Å²) in [5.74, 6) is -0.103. The Kier molecular flexibility index (Phi) is 5.28. The minimum atomic E-state index is -0.328. The van der Waals surface area contributed by atoms with Crippen molar-refractivity contribution < 1.29 is 13.5 Å². The normalized spacial score (nSPS) is 12.2. The topological polar surface area (TPSA) is 35.2 Å². The van der Waals surface area contributed by atoms with E-state index in [1.54, 1.807) is 12.1 Å². The molecule has 0 heterocycles. The molecule has 2 aromatic carbocycles. The summed E-state index contributed by atoms with van der Waals surface area (Å²) in [7, 11) is 0. The quantitative estimate of drug-likeness (QED) is 0.881. The fourth-order valence-electron chi connectivity index (χ4n) is 2.39. The second kappa shape index (κ2) is 7.18. The van der Waals surface area contributed by atoms with E-state index in [-0.39, 0.29) is 17.6 Å². The molecule has 0 aliphatic carbocycles. The van der Waals surface area contributed by atoms with E-state index >= 15 is 0 Å². The molecule has 21 heavy (non-hydrogen) atoms. The molecule has 4 heteroatoms. The number of nitrogens with two attached hydrogens (primary N) is 1. The van der Waals surface area contributed by atoms with Gasteiger partial charge in [-0.2, -0.15) is 0 Å². The van der Waals surface area contributed by atoms with E-state index in [9.17, 15) is 8.78 Å². The average Bonchev–Trinajstić information content (AvgIpc) is 2.47. The van der Waals surface area contributed by atoms with Crippen LogP contribution < -0.4 is 10.5 Å². The van der Waals surface area contributed by atoms with E-state index in [4.69, 9.17) is 10.5 Å². The van der Waals surface area contributed by atoms with Crippen LogP contribution in [0.2, 0.25) is 0 Å². The summed E-state index contributed by atoms with van der Waals surface area (Å²) >= 11 is 0. The molecule has 2 aromatic rings. The van der Waals surface area contributed by atoms with Crippen LogP contribution in [0.5, 0.6) is 5.75 Å². The molecule has 0 saturated carbocycles. The number of ether oxygens (including phenoxy) is 1. The first-order valence-electron chi connectivity index (χ1n) is 7.00. The second-order valence-corrected chi connectivity index (χ2v) is 4.88. The zero-order valence-corrected chi connectivity index (χ0v) is 12.0. The van der Waals surface area contributed by atoms with E-state index in [1.165, 1.54) is 24.3 Å². The van der Waals surface area contributed by atoms with Gasteiger partial charge in [-0.15, -0.1) is 0 Å². The van der Waals surface area contributed by atoms with Crippen LogP contribution >= 0.6 is 0 Å². The number of rotatable bonds is 6. The molecule has 1 atom stereocenters. The highest BCUT2D eigenvalue weighted by Gasteiger charge is 2.17. The monoisotopic (exact) mass is 291 g/mol. The fraction of sp³-hybridized carbons (Fsp3) is 0.294. The maximum atomic E-state index is 13.5. The summed E-state index contributed by atoms with van der Waals surface area (Å²) in [6.45, 7) is 2.70. The highest BCUT2D eigenvalue weighted by Crippen LogP contribution is 2.30. The fourth-order valence-corrected chi connectivity index (χ4v) is 2.39. The molecule has 0 amide bonds. The van der Waals surface area contributed by atoms with E-state index in [0.29, 0.717) is 25.3 Å². The Hall–Kier alpha value is -1.94. The van der Waals surface area contributed by atoms with Crippen molar-refractivity contribution in [3.8, 4) is 5.75 Å². The van der Waals surface area contributed by atoms with Gasteiger partial charge in [0, 0.05) is 11.5 Å². The Morgan fingerprint density at radius 3 is 2.52 bits per heavy atom. The maximum absolute atomic E-state index is 13.5. The highest BCUT2D eigenvalue weighted by molar-refractivity contribution is 5.38. The lowest BCUT2D eigenvalue weighted by Crippen LogP contribution is -2.16. The molecule has 0 aliphatic rings. The molecule has 2 N–H and O–H groups in total. The van der Waals surface area contributed by atoms with Crippen molar-refractivity contribution >= 4 is 0 Å².